The molecule has 170 valence electrons. The summed E-state index contributed by atoms with van der Waals surface area (Å²) in [6.07, 6.45) is 3.01. The zero-order chi connectivity index (χ0) is 22.9. The summed E-state index contributed by atoms with van der Waals surface area (Å²) >= 11 is 0. The molecule has 4 aromatic carbocycles. The molecule has 4 aromatic rings. The van der Waals surface area contributed by atoms with Gasteiger partial charge < -0.3 is 15.8 Å². The fraction of sp³-hybridized carbons (Fsp3) is 0.267. The van der Waals surface area contributed by atoms with Gasteiger partial charge in [-0.1, -0.05) is 91.0 Å². The van der Waals surface area contributed by atoms with E-state index in [9.17, 15) is 0 Å². The van der Waals surface area contributed by atoms with Crippen LogP contribution in [-0.2, 0) is 12.8 Å². The molecule has 0 fully saturated rings. The molecular formula is C30H34N2O. The van der Waals surface area contributed by atoms with Crippen molar-refractivity contribution in [2.75, 3.05) is 20.2 Å². The molecule has 0 radical (unpaired) electrons. The number of hydrogen-bond donors (Lipinski definition) is 2. The number of methoxy groups -OCH3 is 1. The maximum atomic E-state index is 6.35. The van der Waals surface area contributed by atoms with E-state index in [1.807, 2.05) is 0 Å². The van der Waals surface area contributed by atoms with Crippen LogP contribution in [0.15, 0.2) is 97.1 Å². The summed E-state index contributed by atoms with van der Waals surface area (Å²) in [6.45, 7) is 1.52. The van der Waals surface area contributed by atoms with Crippen LogP contribution in [0.25, 0.3) is 10.8 Å². The van der Waals surface area contributed by atoms with Crippen molar-refractivity contribution in [1.29, 1.82) is 0 Å². The van der Waals surface area contributed by atoms with Gasteiger partial charge in [0, 0.05) is 24.1 Å². The summed E-state index contributed by atoms with van der Waals surface area (Å²) < 4.78 is 5.80. The Morgan fingerprint density at radius 2 is 1.52 bits per heavy atom. The second-order valence-corrected chi connectivity index (χ2v) is 8.57. The van der Waals surface area contributed by atoms with Gasteiger partial charge in [-0.15, -0.1) is 0 Å². The third kappa shape index (κ3) is 5.81. The van der Waals surface area contributed by atoms with Crippen molar-refractivity contribution in [3.63, 3.8) is 0 Å². The number of rotatable bonds is 11. The second-order valence-electron chi connectivity index (χ2n) is 8.57. The van der Waals surface area contributed by atoms with E-state index in [0.717, 1.165) is 31.6 Å². The van der Waals surface area contributed by atoms with E-state index in [1.54, 1.807) is 7.11 Å². The number of benzene rings is 4. The molecule has 0 aliphatic heterocycles. The average Bonchev–Trinajstić information content (AvgIpc) is 2.89. The summed E-state index contributed by atoms with van der Waals surface area (Å²) in [4.78, 5) is 0. The summed E-state index contributed by atoms with van der Waals surface area (Å²) in [5.74, 6) is 1.18. The number of nitrogens with two attached hydrogens (primary N) is 1. The molecule has 0 spiro atoms. The molecule has 0 saturated heterocycles. The molecule has 0 aliphatic carbocycles. The number of nitrogens with one attached hydrogen (secondary N) is 1. The number of ether oxygens (including phenoxy) is 1. The fourth-order valence-electron chi connectivity index (χ4n) is 4.74. The predicted octanol–water partition coefficient (Wildman–Crippen LogP) is 5.72. The van der Waals surface area contributed by atoms with Gasteiger partial charge in [-0.25, -0.2) is 0 Å². The zero-order valence-corrected chi connectivity index (χ0v) is 19.4. The average molecular weight is 439 g/mol. The van der Waals surface area contributed by atoms with Gasteiger partial charge in [-0.05, 0) is 53.8 Å². The number of hydrogen-bond acceptors (Lipinski definition) is 3. The van der Waals surface area contributed by atoms with Crippen molar-refractivity contribution in [2.45, 2.75) is 31.2 Å². The lowest BCUT2D eigenvalue weighted by molar-refractivity contribution is 0.398. The van der Waals surface area contributed by atoms with Gasteiger partial charge in [-0.3, -0.25) is 0 Å². The van der Waals surface area contributed by atoms with Crippen molar-refractivity contribution in [2.24, 2.45) is 5.73 Å². The van der Waals surface area contributed by atoms with E-state index in [1.165, 1.54) is 27.5 Å². The second kappa shape index (κ2) is 11.6. The van der Waals surface area contributed by atoms with Crippen LogP contribution in [-0.4, -0.2) is 26.2 Å². The molecule has 3 nitrogen and oxygen atoms in total. The van der Waals surface area contributed by atoms with Crippen LogP contribution in [0.1, 0.15) is 29.0 Å². The third-order valence-corrected chi connectivity index (χ3v) is 6.50. The van der Waals surface area contributed by atoms with Crippen LogP contribution >= 0.6 is 0 Å². The van der Waals surface area contributed by atoms with E-state index in [0.29, 0.717) is 6.54 Å². The van der Waals surface area contributed by atoms with Gasteiger partial charge in [0.1, 0.15) is 5.75 Å². The summed E-state index contributed by atoms with van der Waals surface area (Å²) in [7, 11) is 1.76. The highest BCUT2D eigenvalue weighted by atomic mass is 16.5. The quantitative estimate of drug-likeness (QED) is 0.294. The minimum absolute atomic E-state index is 0.173. The highest BCUT2D eigenvalue weighted by Crippen LogP contribution is 2.34. The van der Waals surface area contributed by atoms with Crippen molar-refractivity contribution < 1.29 is 4.74 Å². The van der Waals surface area contributed by atoms with E-state index in [4.69, 9.17) is 10.5 Å². The standard InChI is InChI=1S/C30H34N2O/c1-33-30-19-18-25-16-8-9-17-26(25)28(30)21-27(24-14-6-3-7-15-24)29(22-31)32-20-10-13-23-11-4-2-5-12-23/h2-9,11-12,14-19,27,29,32H,10,13,20-22,31H2,1H3. The Kier molecular flexibility index (Phi) is 8.13. The molecule has 2 atom stereocenters. The van der Waals surface area contributed by atoms with Crippen molar-refractivity contribution in [3.05, 3.63) is 114 Å². The maximum Gasteiger partial charge on any atom is 0.122 e. The number of fused-ring (bicyclic) bond motifs is 1. The molecule has 3 heteroatoms. The van der Waals surface area contributed by atoms with Crippen LogP contribution in [0.2, 0.25) is 0 Å². The SMILES string of the molecule is COc1ccc2ccccc2c1CC(c1ccccc1)C(CN)NCCCc1ccccc1. The van der Waals surface area contributed by atoms with Crippen molar-refractivity contribution >= 4 is 10.8 Å². The van der Waals surface area contributed by atoms with Crippen LogP contribution < -0.4 is 15.8 Å². The van der Waals surface area contributed by atoms with Crippen molar-refractivity contribution in [3.8, 4) is 5.75 Å². The highest BCUT2D eigenvalue weighted by Gasteiger charge is 2.24. The van der Waals surface area contributed by atoms with E-state index in [-0.39, 0.29) is 12.0 Å². The summed E-state index contributed by atoms with van der Waals surface area (Å²) in [5, 5.41) is 6.26. The van der Waals surface area contributed by atoms with Gasteiger partial charge in [0.25, 0.3) is 0 Å². The highest BCUT2D eigenvalue weighted by molar-refractivity contribution is 5.87. The Hall–Kier alpha value is -3.14. The largest absolute Gasteiger partial charge is 0.496 e. The fourth-order valence-corrected chi connectivity index (χ4v) is 4.74. The molecule has 0 aromatic heterocycles. The molecule has 0 heterocycles. The van der Waals surface area contributed by atoms with E-state index < -0.39 is 0 Å². The Morgan fingerprint density at radius 3 is 2.24 bits per heavy atom. The van der Waals surface area contributed by atoms with Gasteiger partial charge in [-0.2, -0.15) is 0 Å². The third-order valence-electron chi connectivity index (χ3n) is 6.50. The molecule has 33 heavy (non-hydrogen) atoms. The molecule has 4 rings (SSSR count). The lowest BCUT2D eigenvalue weighted by Gasteiger charge is -2.29. The van der Waals surface area contributed by atoms with Crippen LogP contribution in [0.5, 0.6) is 5.75 Å². The molecule has 2 unspecified atom stereocenters. The van der Waals surface area contributed by atoms with Gasteiger partial charge in [0.2, 0.25) is 0 Å². The van der Waals surface area contributed by atoms with E-state index in [2.05, 4.69) is 102 Å². The first kappa shape index (κ1) is 23.0. The van der Waals surface area contributed by atoms with Crippen LogP contribution in [0.3, 0.4) is 0 Å². The normalized spacial score (nSPS) is 13.0. The topological polar surface area (TPSA) is 47.3 Å². The lowest BCUT2D eigenvalue weighted by Crippen LogP contribution is -2.42. The summed E-state index contributed by atoms with van der Waals surface area (Å²) in [5.41, 5.74) is 10.3. The first-order chi connectivity index (χ1) is 16.3. The minimum Gasteiger partial charge on any atom is -0.496 e. The lowest BCUT2D eigenvalue weighted by atomic mass is 9.84. The van der Waals surface area contributed by atoms with Gasteiger partial charge >= 0.3 is 0 Å². The summed E-state index contributed by atoms with van der Waals surface area (Å²) in [6, 6.07) is 34.4. The molecule has 0 aliphatic rings. The Bertz CT molecular complexity index is 1130. The first-order valence-electron chi connectivity index (χ1n) is 11.9. The van der Waals surface area contributed by atoms with Gasteiger partial charge in [0.05, 0.1) is 7.11 Å². The van der Waals surface area contributed by atoms with Gasteiger partial charge in [0.15, 0.2) is 0 Å². The smallest absolute Gasteiger partial charge is 0.122 e. The number of aryl methyl sites for hydroxylation is 1. The van der Waals surface area contributed by atoms with Crippen molar-refractivity contribution in [1.82, 2.24) is 5.32 Å². The minimum atomic E-state index is 0.173. The first-order valence-corrected chi connectivity index (χ1v) is 11.9. The molecule has 0 saturated carbocycles. The Labute approximate surface area is 197 Å². The predicted molar refractivity (Wildman–Crippen MR) is 139 cm³/mol. The van der Waals surface area contributed by atoms with Crippen LogP contribution in [0, 0.1) is 0 Å². The molecular weight excluding hydrogens is 404 g/mol. The van der Waals surface area contributed by atoms with Crippen LogP contribution in [0.4, 0.5) is 0 Å². The zero-order valence-electron chi connectivity index (χ0n) is 19.4. The molecule has 3 N–H and O–H groups in total. The molecule has 0 amide bonds. The Balaban J connectivity index is 1.57. The monoisotopic (exact) mass is 438 g/mol. The Morgan fingerprint density at radius 1 is 0.818 bits per heavy atom. The molecule has 0 bridgehead atoms. The van der Waals surface area contributed by atoms with E-state index >= 15 is 0 Å². The maximum absolute atomic E-state index is 6.35.